The predicted octanol–water partition coefficient (Wildman–Crippen LogP) is 2.06. The highest BCUT2D eigenvalue weighted by atomic mass is 16.4. The average molecular weight is 235 g/mol. The van der Waals surface area contributed by atoms with E-state index < -0.39 is 0 Å². The molecule has 6 heteroatoms. The van der Waals surface area contributed by atoms with Crippen LogP contribution in [0, 0.1) is 6.92 Å². The second-order valence-electron chi connectivity index (χ2n) is 3.97. The van der Waals surface area contributed by atoms with E-state index in [2.05, 4.69) is 32.4 Å². The van der Waals surface area contributed by atoms with Crippen LogP contribution < -0.4 is 5.32 Å². The van der Waals surface area contributed by atoms with Gasteiger partial charge in [0.1, 0.15) is 5.82 Å². The van der Waals surface area contributed by atoms with Crippen LogP contribution in [0.15, 0.2) is 10.6 Å². The third-order valence-corrected chi connectivity index (χ3v) is 2.37. The molecule has 0 spiro atoms. The molecule has 0 fully saturated rings. The zero-order chi connectivity index (χ0) is 12.1. The summed E-state index contributed by atoms with van der Waals surface area (Å²) in [7, 11) is 0. The first-order valence-electron chi connectivity index (χ1n) is 5.84. The van der Waals surface area contributed by atoms with Crippen molar-refractivity contribution in [1.82, 2.24) is 20.2 Å². The number of anilines is 1. The molecule has 92 valence electrons. The molecule has 0 radical (unpaired) electrons. The smallest absolute Gasteiger partial charge is 0.315 e. The number of imidazole rings is 1. The lowest BCUT2D eigenvalue weighted by atomic mass is 10.2. The van der Waals surface area contributed by atoms with Gasteiger partial charge in [0.2, 0.25) is 5.89 Å². The summed E-state index contributed by atoms with van der Waals surface area (Å²) < 4.78 is 5.44. The SMILES string of the molecule is CCCCc1nnc(NCc2ncc(C)[nH]2)o1. The van der Waals surface area contributed by atoms with Gasteiger partial charge in [0.15, 0.2) is 0 Å². The third kappa shape index (κ3) is 3.30. The van der Waals surface area contributed by atoms with Crippen LogP contribution in [0.1, 0.15) is 37.2 Å². The number of nitrogens with zero attached hydrogens (tertiary/aromatic N) is 3. The van der Waals surface area contributed by atoms with Crippen molar-refractivity contribution in [2.75, 3.05) is 5.32 Å². The standard InChI is InChI=1S/C11H17N5O/c1-3-4-5-10-15-16-11(17-10)13-7-9-12-6-8(2)14-9/h6H,3-5,7H2,1-2H3,(H,12,14)(H,13,16). The quantitative estimate of drug-likeness (QED) is 0.801. The van der Waals surface area contributed by atoms with E-state index in [-0.39, 0.29) is 0 Å². The van der Waals surface area contributed by atoms with Crippen molar-refractivity contribution >= 4 is 6.01 Å². The lowest BCUT2D eigenvalue weighted by Gasteiger charge is -1.97. The van der Waals surface area contributed by atoms with Crippen molar-refractivity contribution in [3.05, 3.63) is 23.6 Å². The molecule has 0 bridgehead atoms. The second-order valence-corrected chi connectivity index (χ2v) is 3.97. The molecular weight excluding hydrogens is 218 g/mol. The Morgan fingerprint density at radius 1 is 1.41 bits per heavy atom. The summed E-state index contributed by atoms with van der Waals surface area (Å²) in [6.45, 7) is 4.66. The minimum absolute atomic E-state index is 0.449. The molecule has 2 N–H and O–H groups in total. The number of hydrogen-bond donors (Lipinski definition) is 2. The Morgan fingerprint density at radius 2 is 2.29 bits per heavy atom. The van der Waals surface area contributed by atoms with Gasteiger partial charge in [0.25, 0.3) is 0 Å². The maximum atomic E-state index is 5.44. The highest BCUT2D eigenvalue weighted by Gasteiger charge is 2.05. The highest BCUT2D eigenvalue weighted by molar-refractivity contribution is 5.18. The van der Waals surface area contributed by atoms with Gasteiger partial charge in [0, 0.05) is 18.3 Å². The molecule has 0 aromatic carbocycles. The molecule has 17 heavy (non-hydrogen) atoms. The maximum Gasteiger partial charge on any atom is 0.315 e. The minimum Gasteiger partial charge on any atom is -0.408 e. The molecule has 0 saturated heterocycles. The number of rotatable bonds is 6. The molecule has 0 atom stereocenters. The van der Waals surface area contributed by atoms with E-state index in [0.29, 0.717) is 18.5 Å². The van der Waals surface area contributed by atoms with Crippen molar-refractivity contribution in [3.8, 4) is 0 Å². The molecule has 0 amide bonds. The molecule has 0 aliphatic carbocycles. The van der Waals surface area contributed by atoms with E-state index in [1.165, 1.54) is 0 Å². The molecule has 6 nitrogen and oxygen atoms in total. The summed E-state index contributed by atoms with van der Waals surface area (Å²) in [6, 6.07) is 0.449. The van der Waals surface area contributed by atoms with Gasteiger partial charge in [-0.25, -0.2) is 4.98 Å². The van der Waals surface area contributed by atoms with E-state index in [9.17, 15) is 0 Å². The van der Waals surface area contributed by atoms with Crippen LogP contribution in [-0.2, 0) is 13.0 Å². The van der Waals surface area contributed by atoms with Gasteiger partial charge in [-0.1, -0.05) is 18.4 Å². The summed E-state index contributed by atoms with van der Waals surface area (Å²) in [5.74, 6) is 1.54. The molecule has 2 aromatic rings. The van der Waals surface area contributed by atoms with Crippen LogP contribution in [-0.4, -0.2) is 20.2 Å². The molecular formula is C11H17N5O. The number of aromatic nitrogens is 4. The first kappa shape index (κ1) is 11.6. The lowest BCUT2D eigenvalue weighted by molar-refractivity contribution is 0.494. The van der Waals surface area contributed by atoms with E-state index in [4.69, 9.17) is 4.42 Å². The van der Waals surface area contributed by atoms with Crippen LogP contribution in [0.25, 0.3) is 0 Å². The number of unbranched alkanes of at least 4 members (excludes halogenated alkanes) is 1. The Labute approximate surface area is 99.9 Å². The van der Waals surface area contributed by atoms with Crippen LogP contribution >= 0.6 is 0 Å². The van der Waals surface area contributed by atoms with Gasteiger partial charge in [0.05, 0.1) is 6.54 Å². The van der Waals surface area contributed by atoms with Crippen molar-refractivity contribution in [2.24, 2.45) is 0 Å². The first-order valence-corrected chi connectivity index (χ1v) is 5.84. The summed E-state index contributed by atoms with van der Waals surface area (Å²) in [5, 5.41) is 10.9. The Kier molecular flexibility index (Phi) is 3.74. The van der Waals surface area contributed by atoms with Crippen molar-refractivity contribution in [2.45, 2.75) is 39.7 Å². The van der Waals surface area contributed by atoms with Crippen LogP contribution in [0.5, 0.6) is 0 Å². The zero-order valence-corrected chi connectivity index (χ0v) is 10.2. The van der Waals surface area contributed by atoms with E-state index >= 15 is 0 Å². The van der Waals surface area contributed by atoms with Gasteiger partial charge in [-0.3, -0.25) is 0 Å². The van der Waals surface area contributed by atoms with Gasteiger partial charge >= 0.3 is 6.01 Å². The Balaban J connectivity index is 1.84. The average Bonchev–Trinajstić information content (AvgIpc) is 2.93. The molecule has 0 aliphatic heterocycles. The van der Waals surface area contributed by atoms with Crippen molar-refractivity contribution in [1.29, 1.82) is 0 Å². The Hall–Kier alpha value is -1.85. The van der Waals surface area contributed by atoms with Crippen molar-refractivity contribution in [3.63, 3.8) is 0 Å². The maximum absolute atomic E-state index is 5.44. The highest BCUT2D eigenvalue weighted by Crippen LogP contribution is 2.09. The summed E-state index contributed by atoms with van der Waals surface area (Å²) in [4.78, 5) is 7.30. The van der Waals surface area contributed by atoms with E-state index in [0.717, 1.165) is 30.8 Å². The fourth-order valence-corrected chi connectivity index (χ4v) is 1.47. The van der Waals surface area contributed by atoms with Gasteiger partial charge in [-0.2, -0.15) is 0 Å². The normalized spacial score (nSPS) is 10.7. The van der Waals surface area contributed by atoms with E-state index in [1.807, 2.05) is 6.92 Å². The number of aryl methyl sites for hydroxylation is 2. The number of nitrogens with one attached hydrogen (secondary N) is 2. The predicted molar refractivity (Wildman–Crippen MR) is 63.6 cm³/mol. The summed E-state index contributed by atoms with van der Waals surface area (Å²) in [5.41, 5.74) is 1.04. The number of aromatic amines is 1. The Morgan fingerprint density at radius 3 is 3.00 bits per heavy atom. The van der Waals surface area contributed by atoms with Crippen LogP contribution in [0.3, 0.4) is 0 Å². The van der Waals surface area contributed by atoms with Gasteiger partial charge in [-0.05, 0) is 13.3 Å². The molecule has 2 aromatic heterocycles. The topological polar surface area (TPSA) is 79.6 Å². The zero-order valence-electron chi connectivity index (χ0n) is 10.2. The number of H-pyrrole nitrogens is 1. The monoisotopic (exact) mass is 235 g/mol. The van der Waals surface area contributed by atoms with Crippen molar-refractivity contribution < 1.29 is 4.42 Å². The minimum atomic E-state index is 0.449. The summed E-state index contributed by atoms with van der Waals surface area (Å²) in [6.07, 6.45) is 4.82. The largest absolute Gasteiger partial charge is 0.408 e. The first-order chi connectivity index (χ1) is 8.28. The van der Waals surface area contributed by atoms with Crippen LogP contribution in [0.2, 0.25) is 0 Å². The van der Waals surface area contributed by atoms with E-state index in [1.54, 1.807) is 6.20 Å². The third-order valence-electron chi connectivity index (χ3n) is 2.37. The fourth-order valence-electron chi connectivity index (χ4n) is 1.47. The van der Waals surface area contributed by atoms with Gasteiger partial charge in [-0.15, -0.1) is 5.10 Å². The van der Waals surface area contributed by atoms with Gasteiger partial charge < -0.3 is 14.7 Å². The number of hydrogen-bond acceptors (Lipinski definition) is 5. The molecule has 0 unspecified atom stereocenters. The second kappa shape index (κ2) is 5.47. The van der Waals surface area contributed by atoms with Crippen LogP contribution in [0.4, 0.5) is 6.01 Å². The molecule has 2 rings (SSSR count). The fraction of sp³-hybridized carbons (Fsp3) is 0.545. The summed E-state index contributed by atoms with van der Waals surface area (Å²) >= 11 is 0. The Bertz CT molecular complexity index is 462. The molecule has 0 saturated carbocycles. The molecule has 0 aliphatic rings. The molecule has 2 heterocycles. The lowest BCUT2D eigenvalue weighted by Crippen LogP contribution is -2.01.